The summed E-state index contributed by atoms with van der Waals surface area (Å²) < 4.78 is 19.4. The van der Waals surface area contributed by atoms with Crippen LogP contribution in [0.4, 0.5) is 9.18 Å². The van der Waals surface area contributed by atoms with Crippen molar-refractivity contribution < 1.29 is 23.5 Å². The Morgan fingerprint density at radius 3 is 2.38 bits per heavy atom. The van der Waals surface area contributed by atoms with E-state index in [4.69, 9.17) is 4.74 Å². The largest absolute Gasteiger partial charge is 0.444 e. The minimum atomic E-state index is -1.35. The van der Waals surface area contributed by atoms with E-state index in [0.29, 0.717) is 30.0 Å². The summed E-state index contributed by atoms with van der Waals surface area (Å²) in [4.78, 5) is 44.6. The van der Waals surface area contributed by atoms with Gasteiger partial charge in [0.2, 0.25) is 11.8 Å². The molecule has 9 heteroatoms. The first-order chi connectivity index (χ1) is 18.8. The highest BCUT2D eigenvalue weighted by atomic mass is 19.1. The zero-order valence-electron chi connectivity index (χ0n) is 23.8. The molecule has 0 unspecified atom stereocenters. The van der Waals surface area contributed by atoms with Crippen molar-refractivity contribution in [2.24, 2.45) is 0 Å². The van der Waals surface area contributed by atoms with Gasteiger partial charge in [0.05, 0.1) is 0 Å². The van der Waals surface area contributed by atoms with Gasteiger partial charge < -0.3 is 25.3 Å². The Bertz CT molecular complexity index is 1350. The van der Waals surface area contributed by atoms with E-state index in [9.17, 15) is 18.8 Å². The molecule has 1 aliphatic heterocycles. The quantitative estimate of drug-likeness (QED) is 0.383. The van der Waals surface area contributed by atoms with Crippen molar-refractivity contribution in [2.75, 3.05) is 13.1 Å². The van der Waals surface area contributed by atoms with Crippen molar-refractivity contribution in [3.63, 3.8) is 0 Å². The molecule has 0 radical (unpaired) electrons. The maximum absolute atomic E-state index is 14.1. The second-order valence-electron chi connectivity index (χ2n) is 12.0. The maximum Gasteiger partial charge on any atom is 0.408 e. The molecule has 8 nitrogen and oxygen atoms in total. The van der Waals surface area contributed by atoms with Crippen LogP contribution in [0.15, 0.2) is 54.7 Å². The van der Waals surface area contributed by atoms with Crippen molar-refractivity contribution in [3.05, 3.63) is 71.7 Å². The van der Waals surface area contributed by atoms with Crippen LogP contribution in [-0.4, -0.2) is 58.1 Å². The molecule has 2 aromatic carbocycles. The predicted octanol–water partition coefficient (Wildman–Crippen LogP) is 5.04. The molecular formula is C31H39FN4O4. The number of aromatic amines is 1. The number of fused-ring (bicyclic) bond motifs is 1. The first-order valence-electron chi connectivity index (χ1n) is 13.7. The molecule has 1 saturated heterocycles. The molecular weight excluding hydrogens is 511 g/mol. The summed E-state index contributed by atoms with van der Waals surface area (Å²) >= 11 is 0. The number of ether oxygens (including phenoxy) is 1. The van der Waals surface area contributed by atoms with Crippen LogP contribution in [0.25, 0.3) is 10.9 Å². The number of H-pyrrole nitrogens is 1. The van der Waals surface area contributed by atoms with Gasteiger partial charge in [-0.2, -0.15) is 0 Å². The lowest BCUT2D eigenvalue weighted by atomic mass is 9.89. The molecule has 0 saturated carbocycles. The number of aromatic nitrogens is 1. The molecule has 3 amide bonds. The van der Waals surface area contributed by atoms with Gasteiger partial charge in [-0.1, -0.05) is 30.3 Å². The first kappa shape index (κ1) is 29.1. The fourth-order valence-corrected chi connectivity index (χ4v) is 5.07. The Kier molecular flexibility index (Phi) is 8.51. The molecule has 0 aliphatic carbocycles. The standard InChI is InChI=1S/C31H39FN4O4/c1-30(2,3)40-29(39)35-31(4,5)28(38)34-26(17-22-19-33-25-12-11-23(32)18-24(22)25)27(37)36-15-13-21(14-16-36)20-9-7-6-8-10-20/h6-12,18-19,21,26,33H,13-17H2,1-5H3,(H,34,38)(H,35,39)/t26-/m1/s1. The zero-order chi connectivity index (χ0) is 29.1. The number of benzene rings is 2. The Labute approximate surface area is 234 Å². The minimum absolute atomic E-state index is 0.162. The molecule has 214 valence electrons. The second kappa shape index (κ2) is 11.7. The Hall–Kier alpha value is -3.88. The van der Waals surface area contributed by atoms with E-state index in [0.717, 1.165) is 18.4 Å². The van der Waals surface area contributed by atoms with E-state index in [1.165, 1.54) is 17.7 Å². The third-order valence-corrected chi connectivity index (χ3v) is 7.22. The minimum Gasteiger partial charge on any atom is -0.444 e. The summed E-state index contributed by atoms with van der Waals surface area (Å²) in [5.41, 5.74) is 0.629. The summed E-state index contributed by atoms with van der Waals surface area (Å²) in [7, 11) is 0. The third kappa shape index (κ3) is 7.20. The van der Waals surface area contributed by atoms with Gasteiger partial charge in [0.15, 0.2) is 0 Å². The van der Waals surface area contributed by atoms with Crippen LogP contribution in [0, 0.1) is 5.82 Å². The van der Waals surface area contributed by atoms with Crippen molar-refractivity contribution >= 4 is 28.8 Å². The molecule has 0 spiro atoms. The lowest BCUT2D eigenvalue weighted by Crippen LogP contribution is -2.60. The molecule has 1 fully saturated rings. The van der Waals surface area contributed by atoms with Crippen LogP contribution in [0.2, 0.25) is 0 Å². The molecule has 0 bridgehead atoms. The number of nitrogens with zero attached hydrogens (tertiary/aromatic N) is 1. The van der Waals surface area contributed by atoms with E-state index in [1.807, 2.05) is 18.2 Å². The number of piperidine rings is 1. The van der Waals surface area contributed by atoms with Gasteiger partial charge in [-0.25, -0.2) is 9.18 Å². The molecule has 2 heterocycles. The second-order valence-corrected chi connectivity index (χ2v) is 12.0. The lowest BCUT2D eigenvalue weighted by molar-refractivity contribution is -0.138. The maximum atomic E-state index is 14.1. The number of hydrogen-bond donors (Lipinski definition) is 3. The number of amides is 3. The van der Waals surface area contributed by atoms with Crippen LogP contribution >= 0.6 is 0 Å². The molecule has 3 N–H and O–H groups in total. The average molecular weight is 551 g/mol. The van der Waals surface area contributed by atoms with Crippen molar-refractivity contribution in [1.82, 2.24) is 20.5 Å². The molecule has 40 heavy (non-hydrogen) atoms. The summed E-state index contributed by atoms with van der Waals surface area (Å²) in [6.45, 7) is 9.44. The topological polar surface area (TPSA) is 104 Å². The number of carbonyl (C=O) groups is 3. The van der Waals surface area contributed by atoms with Gasteiger partial charge in [-0.15, -0.1) is 0 Å². The molecule has 1 aromatic heterocycles. The van der Waals surface area contributed by atoms with Gasteiger partial charge in [-0.3, -0.25) is 9.59 Å². The lowest BCUT2D eigenvalue weighted by Gasteiger charge is -2.35. The van der Waals surface area contributed by atoms with Crippen molar-refractivity contribution in [3.8, 4) is 0 Å². The Morgan fingerprint density at radius 1 is 1.05 bits per heavy atom. The summed E-state index contributed by atoms with van der Waals surface area (Å²) in [6.07, 6.45) is 2.81. The number of halogens is 1. The van der Waals surface area contributed by atoms with E-state index < -0.39 is 29.2 Å². The number of alkyl carbamates (subject to hydrolysis) is 1. The van der Waals surface area contributed by atoms with Crippen LogP contribution in [0.5, 0.6) is 0 Å². The Morgan fingerprint density at radius 2 is 1.73 bits per heavy atom. The highest BCUT2D eigenvalue weighted by molar-refractivity contribution is 5.94. The van der Waals surface area contributed by atoms with Gasteiger partial charge >= 0.3 is 6.09 Å². The van der Waals surface area contributed by atoms with Crippen LogP contribution in [0.1, 0.15) is 64.5 Å². The van der Waals surface area contributed by atoms with Crippen LogP contribution in [-0.2, 0) is 20.7 Å². The molecule has 3 aromatic rings. The summed E-state index contributed by atoms with van der Waals surface area (Å²) in [6, 6.07) is 13.8. The average Bonchev–Trinajstić information content (AvgIpc) is 3.28. The molecule has 4 rings (SSSR count). The predicted molar refractivity (Wildman–Crippen MR) is 152 cm³/mol. The third-order valence-electron chi connectivity index (χ3n) is 7.22. The Balaban J connectivity index is 1.52. The van der Waals surface area contributed by atoms with E-state index in [2.05, 4.69) is 27.8 Å². The van der Waals surface area contributed by atoms with Crippen LogP contribution < -0.4 is 10.6 Å². The van der Waals surface area contributed by atoms with Gasteiger partial charge in [0.25, 0.3) is 0 Å². The number of carbonyl (C=O) groups excluding carboxylic acids is 3. The molecule has 1 aliphatic rings. The molecule has 1 atom stereocenters. The number of nitrogens with one attached hydrogen (secondary N) is 3. The smallest absolute Gasteiger partial charge is 0.408 e. The van der Waals surface area contributed by atoms with Crippen molar-refractivity contribution in [1.29, 1.82) is 0 Å². The van der Waals surface area contributed by atoms with E-state index in [1.54, 1.807) is 51.8 Å². The highest BCUT2D eigenvalue weighted by Crippen LogP contribution is 2.29. The zero-order valence-corrected chi connectivity index (χ0v) is 23.8. The van der Waals surface area contributed by atoms with Gasteiger partial charge in [0, 0.05) is 36.6 Å². The highest BCUT2D eigenvalue weighted by Gasteiger charge is 2.36. The van der Waals surface area contributed by atoms with Crippen LogP contribution in [0.3, 0.4) is 0 Å². The number of rotatable bonds is 7. The normalized spacial score (nSPS) is 15.5. The summed E-state index contributed by atoms with van der Waals surface area (Å²) in [5.74, 6) is -0.752. The van der Waals surface area contributed by atoms with Gasteiger partial charge in [-0.05, 0) is 82.7 Å². The SMILES string of the molecule is CC(C)(C)OC(=O)NC(C)(C)C(=O)N[C@H](Cc1c[nH]c2ccc(F)cc12)C(=O)N1CCC(c2ccccc2)CC1. The number of likely N-dealkylation sites (tertiary alicyclic amines) is 1. The van der Waals surface area contributed by atoms with E-state index in [-0.39, 0.29) is 18.1 Å². The number of hydrogen-bond acceptors (Lipinski definition) is 4. The first-order valence-corrected chi connectivity index (χ1v) is 13.7. The summed E-state index contributed by atoms with van der Waals surface area (Å²) in [5, 5.41) is 6.13. The monoisotopic (exact) mass is 550 g/mol. The fourth-order valence-electron chi connectivity index (χ4n) is 5.07. The van der Waals surface area contributed by atoms with Gasteiger partial charge in [0.1, 0.15) is 23.0 Å². The van der Waals surface area contributed by atoms with E-state index >= 15 is 0 Å². The fraction of sp³-hybridized carbons (Fsp3) is 0.452. The van der Waals surface area contributed by atoms with Crippen molar-refractivity contribution in [2.45, 2.75) is 77.0 Å².